The van der Waals surface area contributed by atoms with Crippen molar-refractivity contribution in [1.29, 1.82) is 0 Å². The van der Waals surface area contributed by atoms with E-state index in [4.69, 9.17) is 0 Å². The molecule has 0 spiro atoms. The van der Waals surface area contributed by atoms with Crippen molar-refractivity contribution in [2.45, 2.75) is 20.3 Å². The van der Waals surface area contributed by atoms with Crippen LogP contribution in [-0.4, -0.2) is 61.8 Å². The van der Waals surface area contributed by atoms with Gasteiger partial charge in [-0.2, -0.15) is 22.0 Å². The first-order valence-corrected chi connectivity index (χ1v) is 9.22. The molecule has 5 nitrogen and oxygen atoms in total. The monoisotopic (exact) mass is 304 g/mol. The van der Waals surface area contributed by atoms with Gasteiger partial charge in [-0.3, -0.25) is 0 Å². The van der Waals surface area contributed by atoms with Crippen LogP contribution >= 0.6 is 11.8 Å². The standard InChI is InChI=1S/C3H8.C2H6N2.C2H6O2S.C2H6O.C2H6S/c1-3-2;1-3-4-2;1-5(2,3)4;2*1-3-2/h3H2,1-2H3;1-2H3;1-2H3;2*1-2H3. The molecule has 0 saturated carbocycles. The van der Waals surface area contributed by atoms with Crippen molar-refractivity contribution in [1.82, 2.24) is 0 Å². The molecule has 0 amide bonds. The second kappa shape index (κ2) is 36.0. The zero-order valence-corrected chi connectivity index (χ0v) is 15.3. The molecule has 0 radical (unpaired) electrons. The maximum Gasteiger partial charge on any atom is 0.144 e. The highest BCUT2D eigenvalue weighted by molar-refractivity contribution is 7.97. The van der Waals surface area contributed by atoms with E-state index in [1.165, 1.54) is 6.42 Å². The Kier molecular flexibility index (Phi) is 61.3. The molecule has 0 aliphatic rings. The summed E-state index contributed by atoms with van der Waals surface area (Å²) in [5, 5.41) is 6.72. The number of methoxy groups -OCH3 is 1. The summed E-state index contributed by atoms with van der Waals surface area (Å²) in [6.07, 6.45) is 7.65. The summed E-state index contributed by atoms with van der Waals surface area (Å²) in [6.45, 7) is 4.25. The first kappa shape index (κ1) is 30.7. The van der Waals surface area contributed by atoms with Gasteiger partial charge in [0.25, 0.3) is 0 Å². The van der Waals surface area contributed by atoms with Crippen LogP contribution in [0.3, 0.4) is 0 Å². The fourth-order valence-corrected chi connectivity index (χ4v) is 0. The van der Waals surface area contributed by atoms with Gasteiger partial charge in [0, 0.05) is 40.8 Å². The first-order valence-electron chi connectivity index (χ1n) is 5.29. The predicted octanol–water partition coefficient (Wildman–Crippen LogP) is 3.02. The smallest absolute Gasteiger partial charge is 0.144 e. The third-order valence-electron chi connectivity index (χ3n) is 0.200. The molecule has 0 heterocycles. The molecule has 0 aliphatic carbocycles. The number of hydrogen-bond acceptors (Lipinski definition) is 6. The summed E-state index contributed by atoms with van der Waals surface area (Å²) in [5.41, 5.74) is 0. The predicted molar refractivity (Wildman–Crippen MR) is 85.8 cm³/mol. The van der Waals surface area contributed by atoms with E-state index in [0.717, 1.165) is 12.5 Å². The molecule has 0 aromatic carbocycles. The number of rotatable bonds is 0. The van der Waals surface area contributed by atoms with Crippen LogP contribution in [0, 0.1) is 0 Å². The van der Waals surface area contributed by atoms with Crippen molar-refractivity contribution >= 4 is 21.6 Å². The van der Waals surface area contributed by atoms with Gasteiger partial charge in [-0.05, 0) is 12.5 Å². The number of hydrogen-bond donors (Lipinski definition) is 0. The van der Waals surface area contributed by atoms with Crippen molar-refractivity contribution in [2.75, 3.05) is 53.3 Å². The van der Waals surface area contributed by atoms with Crippen molar-refractivity contribution < 1.29 is 13.2 Å². The summed E-state index contributed by atoms with van der Waals surface area (Å²) in [4.78, 5) is 0. The highest BCUT2D eigenvalue weighted by atomic mass is 32.2. The van der Waals surface area contributed by atoms with Gasteiger partial charge in [0.1, 0.15) is 9.84 Å². The number of thioether (sulfide) groups is 1. The Morgan fingerprint density at radius 3 is 1.06 bits per heavy atom. The molecule has 0 N–H and O–H groups in total. The Bertz CT molecular complexity index is 190. The van der Waals surface area contributed by atoms with Gasteiger partial charge in [0.05, 0.1) is 0 Å². The lowest BCUT2D eigenvalue weighted by atomic mass is 10.6. The van der Waals surface area contributed by atoms with Crippen LogP contribution in [-0.2, 0) is 14.6 Å². The number of ether oxygens (including phenoxy) is 1. The van der Waals surface area contributed by atoms with Gasteiger partial charge in [-0.15, -0.1) is 0 Å². The SMILES string of the molecule is CCC.CN=NC.COC.CS(C)(=O)=O.CSC. The second-order valence-electron chi connectivity index (χ2n) is 3.07. The van der Waals surface area contributed by atoms with Crippen molar-refractivity contribution in [2.24, 2.45) is 10.2 Å². The van der Waals surface area contributed by atoms with E-state index in [-0.39, 0.29) is 0 Å². The molecule has 7 heteroatoms. The van der Waals surface area contributed by atoms with Crippen molar-refractivity contribution in [3.05, 3.63) is 0 Å². The van der Waals surface area contributed by atoms with Gasteiger partial charge < -0.3 is 4.74 Å². The van der Waals surface area contributed by atoms with E-state index in [1.807, 2.05) is 12.5 Å². The lowest BCUT2D eigenvalue weighted by Gasteiger charge is -1.69. The minimum atomic E-state index is -2.67. The minimum Gasteiger partial charge on any atom is -0.388 e. The van der Waals surface area contributed by atoms with Crippen LogP contribution < -0.4 is 0 Å². The summed E-state index contributed by atoms with van der Waals surface area (Å²) < 4.78 is 23.5. The number of azo groups is 1. The minimum absolute atomic E-state index is 1.16. The quantitative estimate of drug-likeness (QED) is 0.645. The molecule has 0 saturated heterocycles. The Labute approximate surface area is 119 Å². The lowest BCUT2D eigenvalue weighted by molar-refractivity contribution is 0.277. The molecule has 0 rings (SSSR count). The zero-order chi connectivity index (χ0) is 16.0. The van der Waals surface area contributed by atoms with Crippen LogP contribution in [0.25, 0.3) is 0 Å². The first-order chi connectivity index (χ1) is 8.16. The van der Waals surface area contributed by atoms with Crippen molar-refractivity contribution in [3.8, 4) is 0 Å². The molecule has 18 heavy (non-hydrogen) atoms. The normalized spacial score (nSPS) is 8.33. The molecular formula is C11H32N2O3S2. The molecular weight excluding hydrogens is 272 g/mol. The van der Waals surface area contributed by atoms with Crippen LogP contribution in [0.1, 0.15) is 20.3 Å². The third kappa shape index (κ3) is 4740. The van der Waals surface area contributed by atoms with Gasteiger partial charge in [-0.25, -0.2) is 8.42 Å². The van der Waals surface area contributed by atoms with E-state index in [9.17, 15) is 8.42 Å². The Morgan fingerprint density at radius 2 is 1.06 bits per heavy atom. The van der Waals surface area contributed by atoms with E-state index >= 15 is 0 Å². The summed E-state index contributed by atoms with van der Waals surface area (Å²) in [7, 11) is 3.86. The van der Waals surface area contributed by atoms with E-state index < -0.39 is 9.84 Å². The number of sulfone groups is 1. The molecule has 0 aromatic heterocycles. The molecule has 0 aromatic rings. The van der Waals surface area contributed by atoms with E-state index in [2.05, 4.69) is 28.8 Å². The van der Waals surface area contributed by atoms with Gasteiger partial charge >= 0.3 is 0 Å². The Morgan fingerprint density at radius 1 is 1.00 bits per heavy atom. The molecule has 0 bridgehead atoms. The summed E-state index contributed by atoms with van der Waals surface area (Å²) >= 11 is 1.75. The maximum absolute atomic E-state index is 9.63. The molecule has 0 atom stereocenters. The average molecular weight is 305 g/mol. The van der Waals surface area contributed by atoms with Gasteiger partial charge in [0.15, 0.2) is 0 Å². The highest BCUT2D eigenvalue weighted by Crippen LogP contribution is 1.70. The van der Waals surface area contributed by atoms with Crippen LogP contribution in [0.5, 0.6) is 0 Å². The fraction of sp³-hybridized carbons (Fsp3) is 1.00. The zero-order valence-electron chi connectivity index (χ0n) is 13.6. The topological polar surface area (TPSA) is 68.1 Å². The van der Waals surface area contributed by atoms with E-state index in [0.29, 0.717) is 0 Å². The maximum atomic E-state index is 9.63. The lowest BCUT2D eigenvalue weighted by Crippen LogP contribution is -1.86. The van der Waals surface area contributed by atoms with Gasteiger partial charge in [0.2, 0.25) is 0 Å². The van der Waals surface area contributed by atoms with Gasteiger partial charge in [-0.1, -0.05) is 20.3 Å². The second-order valence-corrected chi connectivity index (χ2v) is 6.17. The molecule has 0 unspecified atom stereocenters. The van der Waals surface area contributed by atoms with Crippen LogP contribution in [0.4, 0.5) is 0 Å². The largest absolute Gasteiger partial charge is 0.388 e. The molecule has 0 aliphatic heterocycles. The van der Waals surface area contributed by atoms with Crippen molar-refractivity contribution in [3.63, 3.8) is 0 Å². The third-order valence-corrected chi connectivity index (χ3v) is 0.200. The summed E-state index contributed by atoms with van der Waals surface area (Å²) in [6, 6.07) is 0. The molecule has 116 valence electrons. The number of nitrogens with zero attached hydrogens (tertiary/aromatic N) is 2. The molecule has 0 fully saturated rings. The Balaban J connectivity index is -0.0000000400. The van der Waals surface area contributed by atoms with Crippen LogP contribution in [0.15, 0.2) is 10.2 Å². The highest BCUT2D eigenvalue weighted by Gasteiger charge is 1.79. The fourth-order valence-electron chi connectivity index (χ4n) is 0. The summed E-state index contributed by atoms with van der Waals surface area (Å²) in [5.74, 6) is 0. The van der Waals surface area contributed by atoms with Crippen LogP contribution in [0.2, 0.25) is 0 Å². The average Bonchev–Trinajstić information content (AvgIpc) is 2.18. The Hall–Kier alpha value is -0.140. The van der Waals surface area contributed by atoms with E-state index in [1.54, 1.807) is 40.1 Å².